The third-order valence-electron chi connectivity index (χ3n) is 2.75. The molecule has 1 rings (SSSR count). The molecule has 94 valence electrons. The molecule has 0 aromatic heterocycles. The van der Waals surface area contributed by atoms with Crippen molar-refractivity contribution in [3.05, 3.63) is 23.2 Å². The zero-order chi connectivity index (χ0) is 13.1. The van der Waals surface area contributed by atoms with E-state index in [1.807, 2.05) is 6.92 Å². The topological polar surface area (TPSA) is 58.6 Å². The van der Waals surface area contributed by atoms with Gasteiger partial charge in [-0.15, -0.1) is 0 Å². The highest BCUT2D eigenvalue weighted by Gasteiger charge is 2.30. The lowest BCUT2D eigenvalue weighted by molar-refractivity contribution is -0.141. The quantitative estimate of drug-likeness (QED) is 0.851. The Morgan fingerprint density at radius 3 is 2.65 bits per heavy atom. The predicted octanol–water partition coefficient (Wildman–Crippen LogP) is 3.01. The van der Waals surface area contributed by atoms with Gasteiger partial charge in [-0.05, 0) is 31.5 Å². The molecule has 4 nitrogen and oxygen atoms in total. The van der Waals surface area contributed by atoms with Crippen molar-refractivity contribution in [2.45, 2.75) is 25.8 Å². The zero-order valence-electron chi connectivity index (χ0n) is 10.1. The minimum absolute atomic E-state index is 0.446. The second kappa shape index (κ2) is 5.27. The Morgan fingerprint density at radius 1 is 1.59 bits per heavy atom. The number of rotatable bonds is 5. The number of carbonyl (C=O) groups is 1. The molecule has 0 saturated carbocycles. The molecule has 2 N–H and O–H groups in total. The van der Waals surface area contributed by atoms with E-state index in [4.69, 9.17) is 21.4 Å². The van der Waals surface area contributed by atoms with Gasteiger partial charge in [0.1, 0.15) is 11.3 Å². The standard InChI is InChI=1S/C12H16ClNO3/c1-4-12(2,11(15)16)14-8-5-6-10(17-3)9(13)7-8/h5-7,14H,4H2,1-3H3,(H,15,16). The van der Waals surface area contributed by atoms with Crippen LogP contribution in [0.25, 0.3) is 0 Å². The molecule has 0 amide bonds. The summed E-state index contributed by atoms with van der Waals surface area (Å²) < 4.78 is 5.03. The van der Waals surface area contributed by atoms with Crippen LogP contribution >= 0.6 is 11.6 Å². The van der Waals surface area contributed by atoms with Crippen LogP contribution in [-0.2, 0) is 4.79 Å². The predicted molar refractivity (Wildman–Crippen MR) is 68.0 cm³/mol. The average molecular weight is 258 g/mol. The number of carboxylic acids is 1. The normalized spacial score (nSPS) is 13.9. The molecule has 0 aliphatic heterocycles. The van der Waals surface area contributed by atoms with E-state index in [2.05, 4.69) is 5.32 Å². The number of nitrogens with one attached hydrogen (secondary N) is 1. The van der Waals surface area contributed by atoms with Gasteiger partial charge in [-0.1, -0.05) is 18.5 Å². The van der Waals surface area contributed by atoms with Crippen molar-refractivity contribution in [2.75, 3.05) is 12.4 Å². The van der Waals surface area contributed by atoms with Crippen LogP contribution in [0.4, 0.5) is 5.69 Å². The van der Waals surface area contributed by atoms with Crippen LogP contribution < -0.4 is 10.1 Å². The smallest absolute Gasteiger partial charge is 0.329 e. The summed E-state index contributed by atoms with van der Waals surface area (Å²) in [5.41, 5.74) is -0.347. The number of hydrogen-bond donors (Lipinski definition) is 2. The van der Waals surface area contributed by atoms with Crippen LogP contribution in [0.15, 0.2) is 18.2 Å². The maximum atomic E-state index is 11.1. The van der Waals surface area contributed by atoms with Crippen molar-refractivity contribution in [1.82, 2.24) is 0 Å². The summed E-state index contributed by atoms with van der Waals surface area (Å²) in [5.74, 6) is -0.335. The summed E-state index contributed by atoms with van der Waals surface area (Å²) in [5, 5.41) is 12.5. The van der Waals surface area contributed by atoms with E-state index < -0.39 is 11.5 Å². The van der Waals surface area contributed by atoms with Crippen molar-refractivity contribution >= 4 is 23.3 Å². The van der Waals surface area contributed by atoms with Crippen molar-refractivity contribution < 1.29 is 14.6 Å². The average Bonchev–Trinajstić information content (AvgIpc) is 2.29. The lowest BCUT2D eigenvalue weighted by Gasteiger charge is -2.26. The van der Waals surface area contributed by atoms with Gasteiger partial charge >= 0.3 is 5.97 Å². The van der Waals surface area contributed by atoms with E-state index in [0.717, 1.165) is 0 Å². The summed E-state index contributed by atoms with van der Waals surface area (Å²) in [6, 6.07) is 5.08. The van der Waals surface area contributed by atoms with Gasteiger partial charge in [0.05, 0.1) is 12.1 Å². The molecule has 0 radical (unpaired) electrons. The van der Waals surface area contributed by atoms with E-state index in [0.29, 0.717) is 22.9 Å². The fraction of sp³-hybridized carbons (Fsp3) is 0.417. The van der Waals surface area contributed by atoms with Crippen LogP contribution in [0.3, 0.4) is 0 Å². The molecule has 0 aliphatic rings. The van der Waals surface area contributed by atoms with Gasteiger partial charge in [0.2, 0.25) is 0 Å². The minimum atomic E-state index is -1.00. The molecule has 1 unspecified atom stereocenters. The highest BCUT2D eigenvalue weighted by Crippen LogP contribution is 2.29. The van der Waals surface area contributed by atoms with E-state index in [1.165, 1.54) is 7.11 Å². The molecule has 5 heteroatoms. The number of aliphatic carboxylic acids is 1. The van der Waals surface area contributed by atoms with Crippen molar-refractivity contribution in [1.29, 1.82) is 0 Å². The molecule has 0 bridgehead atoms. The van der Waals surface area contributed by atoms with Gasteiger partial charge in [0.25, 0.3) is 0 Å². The van der Waals surface area contributed by atoms with E-state index in [1.54, 1.807) is 25.1 Å². The molecule has 0 saturated heterocycles. The summed E-state index contributed by atoms with van der Waals surface area (Å²) >= 11 is 5.97. The Hall–Kier alpha value is -1.42. The Bertz CT molecular complexity index is 422. The molecule has 1 atom stereocenters. The van der Waals surface area contributed by atoms with E-state index in [9.17, 15) is 4.79 Å². The first-order valence-electron chi connectivity index (χ1n) is 5.28. The molecule has 0 spiro atoms. The third-order valence-corrected chi connectivity index (χ3v) is 3.05. The number of carboxylic acid groups (broad SMARTS) is 1. The summed E-state index contributed by atoms with van der Waals surface area (Å²) in [4.78, 5) is 11.1. The molecular weight excluding hydrogens is 242 g/mol. The lowest BCUT2D eigenvalue weighted by atomic mass is 9.99. The highest BCUT2D eigenvalue weighted by atomic mass is 35.5. The SMILES string of the molecule is CCC(C)(Nc1ccc(OC)c(Cl)c1)C(=O)O. The second-order valence-electron chi connectivity index (χ2n) is 3.97. The first-order valence-corrected chi connectivity index (χ1v) is 5.66. The molecule has 0 fully saturated rings. The van der Waals surface area contributed by atoms with Crippen molar-refractivity contribution in [3.63, 3.8) is 0 Å². The molecule has 17 heavy (non-hydrogen) atoms. The van der Waals surface area contributed by atoms with Gasteiger partial charge < -0.3 is 15.2 Å². The van der Waals surface area contributed by atoms with Crippen molar-refractivity contribution in [2.24, 2.45) is 0 Å². The van der Waals surface area contributed by atoms with E-state index in [-0.39, 0.29) is 0 Å². The van der Waals surface area contributed by atoms with Crippen LogP contribution in [0.2, 0.25) is 5.02 Å². The Balaban J connectivity index is 2.95. The lowest BCUT2D eigenvalue weighted by Crippen LogP contribution is -2.42. The first kappa shape index (κ1) is 13.6. The minimum Gasteiger partial charge on any atom is -0.495 e. The number of ether oxygens (including phenoxy) is 1. The highest BCUT2D eigenvalue weighted by molar-refractivity contribution is 6.32. The largest absolute Gasteiger partial charge is 0.495 e. The first-order chi connectivity index (χ1) is 7.92. The fourth-order valence-electron chi connectivity index (χ4n) is 1.36. The molecule has 1 aromatic rings. The number of halogens is 1. The van der Waals surface area contributed by atoms with Crippen LogP contribution in [-0.4, -0.2) is 23.7 Å². The van der Waals surface area contributed by atoms with Crippen LogP contribution in [0, 0.1) is 0 Å². The monoisotopic (exact) mass is 257 g/mol. The summed E-state index contributed by atoms with van der Waals surface area (Å²) in [6.45, 7) is 3.44. The van der Waals surface area contributed by atoms with Crippen LogP contribution in [0.5, 0.6) is 5.75 Å². The van der Waals surface area contributed by atoms with Gasteiger partial charge in [-0.2, -0.15) is 0 Å². The van der Waals surface area contributed by atoms with Gasteiger partial charge in [-0.25, -0.2) is 4.79 Å². The summed E-state index contributed by atoms with van der Waals surface area (Å²) in [7, 11) is 1.53. The van der Waals surface area contributed by atoms with Gasteiger partial charge in [0.15, 0.2) is 0 Å². The fourth-order valence-corrected chi connectivity index (χ4v) is 1.61. The second-order valence-corrected chi connectivity index (χ2v) is 4.37. The Morgan fingerprint density at radius 2 is 2.24 bits per heavy atom. The Labute approximate surface area is 106 Å². The third kappa shape index (κ3) is 3.03. The number of benzene rings is 1. The number of methoxy groups -OCH3 is 1. The molecule has 0 aliphatic carbocycles. The molecule has 0 heterocycles. The van der Waals surface area contributed by atoms with E-state index >= 15 is 0 Å². The molecule has 1 aromatic carbocycles. The maximum Gasteiger partial charge on any atom is 0.329 e. The maximum absolute atomic E-state index is 11.1. The Kier molecular flexibility index (Phi) is 4.23. The van der Waals surface area contributed by atoms with Crippen molar-refractivity contribution in [3.8, 4) is 5.75 Å². The van der Waals surface area contributed by atoms with Gasteiger partial charge in [0, 0.05) is 5.69 Å². The van der Waals surface area contributed by atoms with Gasteiger partial charge in [-0.3, -0.25) is 0 Å². The summed E-state index contributed by atoms with van der Waals surface area (Å²) in [6.07, 6.45) is 0.464. The zero-order valence-corrected chi connectivity index (χ0v) is 10.8. The number of anilines is 1. The van der Waals surface area contributed by atoms with Crippen LogP contribution in [0.1, 0.15) is 20.3 Å². The molecular formula is C12H16ClNO3. The number of hydrogen-bond acceptors (Lipinski definition) is 3.